The molecule has 0 bridgehead atoms. The van der Waals surface area contributed by atoms with Gasteiger partial charge in [-0.15, -0.1) is 0 Å². The SMILES string of the molecule is OC[C@H]1CCN1c1c2c(nc3ccnn13)CCNCC2. The van der Waals surface area contributed by atoms with Crippen molar-refractivity contribution in [2.24, 2.45) is 0 Å². The lowest BCUT2D eigenvalue weighted by Crippen LogP contribution is -2.51. The number of anilines is 1. The monoisotopic (exact) mass is 273 g/mol. The van der Waals surface area contributed by atoms with Crippen molar-refractivity contribution in [3.8, 4) is 0 Å². The molecule has 6 nitrogen and oxygen atoms in total. The van der Waals surface area contributed by atoms with E-state index in [1.54, 1.807) is 6.20 Å². The lowest BCUT2D eigenvalue weighted by molar-refractivity contribution is 0.225. The van der Waals surface area contributed by atoms with Crippen LogP contribution in [0.5, 0.6) is 0 Å². The summed E-state index contributed by atoms with van der Waals surface area (Å²) in [5.41, 5.74) is 3.38. The second-order valence-corrected chi connectivity index (χ2v) is 5.53. The first-order chi connectivity index (χ1) is 9.88. The maximum absolute atomic E-state index is 9.50. The van der Waals surface area contributed by atoms with E-state index in [-0.39, 0.29) is 12.6 Å². The van der Waals surface area contributed by atoms with Gasteiger partial charge >= 0.3 is 0 Å². The molecule has 1 saturated heterocycles. The molecule has 2 N–H and O–H groups in total. The molecule has 0 spiro atoms. The summed E-state index contributed by atoms with van der Waals surface area (Å²) in [4.78, 5) is 7.04. The summed E-state index contributed by atoms with van der Waals surface area (Å²) in [6.07, 6.45) is 4.79. The van der Waals surface area contributed by atoms with Gasteiger partial charge in [0.15, 0.2) is 5.65 Å². The Morgan fingerprint density at radius 3 is 3.05 bits per heavy atom. The number of nitrogens with one attached hydrogen (secondary N) is 1. The molecule has 0 radical (unpaired) electrons. The topological polar surface area (TPSA) is 65.7 Å². The zero-order chi connectivity index (χ0) is 13.5. The quantitative estimate of drug-likeness (QED) is 0.805. The van der Waals surface area contributed by atoms with Crippen molar-refractivity contribution in [2.75, 3.05) is 31.1 Å². The number of rotatable bonds is 2. The van der Waals surface area contributed by atoms with Gasteiger partial charge in [-0.2, -0.15) is 9.61 Å². The summed E-state index contributed by atoms with van der Waals surface area (Å²) in [7, 11) is 0. The largest absolute Gasteiger partial charge is 0.394 e. The number of hydrogen-bond donors (Lipinski definition) is 2. The van der Waals surface area contributed by atoms with Gasteiger partial charge in [0.2, 0.25) is 0 Å². The van der Waals surface area contributed by atoms with Crippen LogP contribution in [0.25, 0.3) is 5.65 Å². The van der Waals surface area contributed by atoms with Gasteiger partial charge in [0.25, 0.3) is 0 Å². The fourth-order valence-electron chi connectivity index (χ4n) is 3.22. The molecule has 1 atom stereocenters. The van der Waals surface area contributed by atoms with E-state index >= 15 is 0 Å². The van der Waals surface area contributed by atoms with Crippen molar-refractivity contribution < 1.29 is 5.11 Å². The zero-order valence-electron chi connectivity index (χ0n) is 11.4. The first-order valence-electron chi connectivity index (χ1n) is 7.32. The minimum atomic E-state index is 0.206. The van der Waals surface area contributed by atoms with Gasteiger partial charge in [-0.3, -0.25) is 0 Å². The molecule has 2 aromatic heterocycles. The predicted octanol–water partition coefficient (Wildman–Crippen LogP) is -0.0115. The summed E-state index contributed by atoms with van der Waals surface area (Å²) in [6.45, 7) is 3.15. The smallest absolute Gasteiger partial charge is 0.157 e. The maximum Gasteiger partial charge on any atom is 0.157 e. The third-order valence-electron chi connectivity index (χ3n) is 4.41. The molecule has 1 fully saturated rings. The van der Waals surface area contributed by atoms with Crippen molar-refractivity contribution in [2.45, 2.75) is 25.3 Å². The molecule has 0 amide bonds. The van der Waals surface area contributed by atoms with Crippen LogP contribution in [0.2, 0.25) is 0 Å². The molecule has 2 aliphatic rings. The minimum absolute atomic E-state index is 0.206. The molecule has 0 saturated carbocycles. The van der Waals surface area contributed by atoms with Crippen molar-refractivity contribution in [3.63, 3.8) is 0 Å². The second kappa shape index (κ2) is 4.71. The van der Waals surface area contributed by atoms with Crippen molar-refractivity contribution in [1.82, 2.24) is 19.9 Å². The summed E-state index contributed by atoms with van der Waals surface area (Å²) in [6, 6.07) is 2.18. The van der Waals surface area contributed by atoms with Crippen molar-refractivity contribution >= 4 is 11.5 Å². The van der Waals surface area contributed by atoms with Gasteiger partial charge in [0, 0.05) is 31.1 Å². The molecule has 0 unspecified atom stereocenters. The van der Waals surface area contributed by atoms with Gasteiger partial charge in [-0.1, -0.05) is 0 Å². The first kappa shape index (κ1) is 12.1. The number of aromatic nitrogens is 3. The van der Waals surface area contributed by atoms with Gasteiger partial charge in [0.1, 0.15) is 5.82 Å². The zero-order valence-corrected chi connectivity index (χ0v) is 11.4. The summed E-state index contributed by atoms with van der Waals surface area (Å²) < 4.78 is 1.94. The lowest BCUT2D eigenvalue weighted by atomic mass is 10.0. The minimum Gasteiger partial charge on any atom is -0.394 e. The molecule has 2 aliphatic heterocycles. The summed E-state index contributed by atoms with van der Waals surface area (Å²) in [5, 5.41) is 17.4. The third kappa shape index (κ3) is 1.72. The standard InChI is InChI=1S/C14H19N5O/c20-9-10-4-8-18(10)14-11-1-5-15-6-2-12(11)17-13-3-7-16-19(13)14/h3,7,10,15,20H,1-2,4-6,8-9H2/t10-/m1/s1. The lowest BCUT2D eigenvalue weighted by Gasteiger charge is -2.42. The Kier molecular flexibility index (Phi) is 2.85. The van der Waals surface area contributed by atoms with E-state index in [9.17, 15) is 5.11 Å². The average Bonchev–Trinajstić information content (AvgIpc) is 2.75. The van der Waals surface area contributed by atoms with Crippen LogP contribution in [0, 0.1) is 0 Å². The van der Waals surface area contributed by atoms with Crippen LogP contribution in [-0.4, -0.2) is 52.0 Å². The number of nitrogens with zero attached hydrogens (tertiary/aromatic N) is 4. The molecule has 0 aromatic carbocycles. The normalized spacial score (nSPS) is 22.4. The van der Waals surface area contributed by atoms with E-state index in [1.165, 1.54) is 11.3 Å². The highest BCUT2D eigenvalue weighted by Gasteiger charge is 2.32. The van der Waals surface area contributed by atoms with Crippen molar-refractivity contribution in [1.29, 1.82) is 0 Å². The predicted molar refractivity (Wildman–Crippen MR) is 76.1 cm³/mol. The van der Waals surface area contributed by atoms with Gasteiger partial charge < -0.3 is 15.3 Å². The van der Waals surface area contributed by atoms with Crippen LogP contribution in [0.1, 0.15) is 17.7 Å². The highest BCUT2D eigenvalue weighted by molar-refractivity contribution is 5.59. The van der Waals surface area contributed by atoms with Crippen LogP contribution in [0.15, 0.2) is 12.3 Å². The summed E-state index contributed by atoms with van der Waals surface area (Å²) >= 11 is 0. The fourth-order valence-corrected chi connectivity index (χ4v) is 3.22. The molecular weight excluding hydrogens is 254 g/mol. The van der Waals surface area contributed by atoms with Crippen LogP contribution >= 0.6 is 0 Å². The Bertz CT molecular complexity index is 636. The second-order valence-electron chi connectivity index (χ2n) is 5.53. The van der Waals surface area contributed by atoms with E-state index in [2.05, 4.69) is 15.3 Å². The molecule has 4 rings (SSSR count). The van der Waals surface area contributed by atoms with Crippen LogP contribution in [0.3, 0.4) is 0 Å². The Morgan fingerprint density at radius 1 is 1.35 bits per heavy atom. The Balaban J connectivity index is 1.91. The highest BCUT2D eigenvalue weighted by atomic mass is 16.3. The molecule has 106 valence electrons. The van der Waals surface area contributed by atoms with Gasteiger partial charge in [-0.25, -0.2) is 4.98 Å². The molecule has 20 heavy (non-hydrogen) atoms. The highest BCUT2D eigenvalue weighted by Crippen LogP contribution is 2.32. The molecule has 6 heteroatoms. The van der Waals surface area contributed by atoms with E-state index < -0.39 is 0 Å². The maximum atomic E-state index is 9.50. The number of aliphatic hydroxyl groups is 1. The molecular formula is C14H19N5O. The number of hydrogen-bond acceptors (Lipinski definition) is 5. The van der Waals surface area contributed by atoms with E-state index in [0.717, 1.165) is 50.4 Å². The van der Waals surface area contributed by atoms with Gasteiger partial charge in [0.05, 0.1) is 24.5 Å². The van der Waals surface area contributed by atoms with E-state index in [0.29, 0.717) is 0 Å². The summed E-state index contributed by atoms with van der Waals surface area (Å²) in [5.74, 6) is 1.14. The fraction of sp³-hybridized carbons (Fsp3) is 0.571. The molecule has 0 aliphatic carbocycles. The van der Waals surface area contributed by atoms with Crippen LogP contribution in [0.4, 0.5) is 5.82 Å². The van der Waals surface area contributed by atoms with E-state index in [1.807, 2.05) is 10.6 Å². The molecule has 2 aromatic rings. The Hall–Kier alpha value is -1.66. The van der Waals surface area contributed by atoms with Crippen molar-refractivity contribution in [3.05, 3.63) is 23.5 Å². The third-order valence-corrected chi connectivity index (χ3v) is 4.41. The van der Waals surface area contributed by atoms with Crippen LogP contribution in [-0.2, 0) is 12.8 Å². The number of fused-ring (bicyclic) bond motifs is 2. The first-order valence-corrected chi connectivity index (χ1v) is 7.32. The molecule has 4 heterocycles. The Labute approximate surface area is 117 Å². The van der Waals surface area contributed by atoms with Gasteiger partial charge in [-0.05, 0) is 19.4 Å². The number of aliphatic hydroxyl groups excluding tert-OH is 1. The Morgan fingerprint density at radius 2 is 2.25 bits per heavy atom. The van der Waals surface area contributed by atoms with E-state index in [4.69, 9.17) is 4.98 Å². The van der Waals surface area contributed by atoms with Crippen LogP contribution < -0.4 is 10.2 Å². The average molecular weight is 273 g/mol.